The highest BCUT2D eigenvalue weighted by Gasteiger charge is 2.56. The van der Waals surface area contributed by atoms with Gasteiger partial charge in [-0.3, -0.25) is 23.7 Å². The van der Waals surface area contributed by atoms with E-state index in [2.05, 4.69) is 17.0 Å². The molecule has 1 aromatic heterocycles. The van der Waals surface area contributed by atoms with Gasteiger partial charge in [0.2, 0.25) is 0 Å². The Balaban J connectivity index is 1.55. The number of aliphatic hydroxyl groups excluding tert-OH is 1. The summed E-state index contributed by atoms with van der Waals surface area (Å²) in [5.41, 5.74) is -0.508. The lowest BCUT2D eigenvalue weighted by Gasteiger charge is -2.25. The number of H-pyrrole nitrogens is 1. The minimum atomic E-state index is -4.32. The Bertz CT molecular complexity index is 1410. The fraction of sp³-hybridized carbons (Fsp3) is 0.560. The Labute approximate surface area is 240 Å². The van der Waals surface area contributed by atoms with Crippen LogP contribution in [0.4, 0.5) is 0 Å². The van der Waals surface area contributed by atoms with Gasteiger partial charge in [-0.25, -0.2) is 9.36 Å². The van der Waals surface area contributed by atoms with Crippen molar-refractivity contribution in [2.24, 2.45) is 0 Å². The number of nitrogens with one attached hydrogen (secondary N) is 2. The topological polar surface area (TPSA) is 158 Å². The van der Waals surface area contributed by atoms with Crippen molar-refractivity contribution >= 4 is 36.9 Å². The van der Waals surface area contributed by atoms with Crippen molar-refractivity contribution in [1.82, 2.24) is 14.6 Å². The quantitative estimate of drug-likeness (QED) is 0.194. The summed E-state index contributed by atoms with van der Waals surface area (Å²) in [6, 6.07) is 7.03. The molecule has 220 valence electrons. The predicted molar refractivity (Wildman–Crippen MR) is 147 cm³/mol. The van der Waals surface area contributed by atoms with Crippen LogP contribution in [0.5, 0.6) is 5.75 Å². The number of carbonyl (C=O) groups is 1. The number of aliphatic hydroxyl groups is 1. The van der Waals surface area contributed by atoms with Crippen LogP contribution in [-0.4, -0.2) is 55.9 Å². The normalized spacial score (nSPS) is 25.2. The third-order valence-corrected chi connectivity index (χ3v) is 9.17. The Kier molecular flexibility index (Phi) is 8.92. The number of rotatable bonds is 11. The molecule has 1 unspecified atom stereocenters. The molecule has 2 aromatic rings. The minimum Gasteiger partial charge on any atom is -0.462 e. The molecule has 1 aromatic carbocycles. The highest BCUT2D eigenvalue weighted by Crippen LogP contribution is 2.51. The molecule has 2 aliphatic rings. The van der Waals surface area contributed by atoms with E-state index in [4.69, 9.17) is 41.7 Å². The maximum atomic E-state index is 14.0. The van der Waals surface area contributed by atoms with Crippen molar-refractivity contribution in [2.45, 2.75) is 80.9 Å². The molecule has 1 saturated heterocycles. The highest BCUT2D eigenvalue weighted by atomic mass is 35.5. The Morgan fingerprint density at radius 3 is 2.60 bits per heavy atom. The van der Waals surface area contributed by atoms with Crippen molar-refractivity contribution in [2.75, 3.05) is 6.61 Å². The van der Waals surface area contributed by atoms with Gasteiger partial charge in [0.25, 0.3) is 5.56 Å². The largest absolute Gasteiger partial charge is 0.462 e. The van der Waals surface area contributed by atoms with E-state index < -0.39 is 66.5 Å². The number of aromatic nitrogens is 2. The highest BCUT2D eigenvalue weighted by molar-refractivity contribution is 7.52. The summed E-state index contributed by atoms with van der Waals surface area (Å²) in [6.45, 7) is 6.33. The second-order valence-electron chi connectivity index (χ2n) is 10.5. The third-order valence-electron chi connectivity index (χ3n) is 6.71. The number of alkyl halides is 2. The molecule has 3 N–H and O–H groups in total. The zero-order valence-corrected chi connectivity index (χ0v) is 24.7. The first-order chi connectivity index (χ1) is 18.6. The van der Waals surface area contributed by atoms with Crippen LogP contribution in [-0.2, 0) is 28.8 Å². The molecule has 5 atom stereocenters. The van der Waals surface area contributed by atoms with Gasteiger partial charge in [-0.1, -0.05) is 42.3 Å². The number of aromatic amines is 1. The van der Waals surface area contributed by atoms with Crippen LogP contribution in [0.1, 0.15) is 52.3 Å². The van der Waals surface area contributed by atoms with Crippen molar-refractivity contribution in [3.05, 3.63) is 62.9 Å². The number of carbonyl (C=O) groups excluding carboxylic acids is 1. The lowest BCUT2D eigenvalue weighted by atomic mass is 9.98. The van der Waals surface area contributed by atoms with Crippen molar-refractivity contribution in [1.29, 1.82) is 0 Å². The van der Waals surface area contributed by atoms with E-state index >= 15 is 0 Å². The van der Waals surface area contributed by atoms with Crippen LogP contribution < -0.4 is 20.9 Å². The monoisotopic (exact) mass is 619 g/mol. The number of benzene rings is 1. The maximum absolute atomic E-state index is 14.0. The zero-order valence-electron chi connectivity index (χ0n) is 22.3. The number of nitrogens with zero attached hydrogens (tertiary/aromatic N) is 1. The van der Waals surface area contributed by atoms with Gasteiger partial charge in [-0.2, -0.15) is 5.09 Å². The van der Waals surface area contributed by atoms with E-state index in [0.29, 0.717) is 0 Å². The Morgan fingerprint density at radius 1 is 1.27 bits per heavy atom. The van der Waals surface area contributed by atoms with Gasteiger partial charge in [0.1, 0.15) is 24.0 Å². The number of hydrogen-bond donors (Lipinski definition) is 3. The number of halogens is 2. The first-order valence-corrected chi connectivity index (χ1v) is 15.0. The smallest absolute Gasteiger partial charge is 0.459 e. The molecule has 0 amide bonds. The van der Waals surface area contributed by atoms with E-state index in [9.17, 15) is 24.1 Å². The fourth-order valence-corrected chi connectivity index (χ4v) is 6.24. The standard InChI is InChI=1S/C25H32Cl2N3O9P/c1-14(2)37-21(33)15(3)29-40(35,39-17-7-5-6-16(12-17)24(4)9-10-24)36-13-18-20(32)25(26,27)22(38-18)30-11-8-19(31)28-23(30)34/h5-8,11-12,14-15,18,20,22,32H,9-10,13H2,1-4H3,(H,29,35)(H,28,31,34)/t15-,18+,20+,22+,40?/m0/s1. The third kappa shape index (κ3) is 6.82. The van der Waals surface area contributed by atoms with Crippen LogP contribution in [0.2, 0.25) is 0 Å². The second kappa shape index (κ2) is 11.6. The number of esters is 1. The van der Waals surface area contributed by atoms with Gasteiger partial charge >= 0.3 is 19.4 Å². The summed E-state index contributed by atoms with van der Waals surface area (Å²) in [6.07, 6.45) is -1.60. The molecular weight excluding hydrogens is 588 g/mol. The van der Waals surface area contributed by atoms with Crippen molar-refractivity contribution in [3.63, 3.8) is 0 Å². The molecule has 1 aliphatic carbocycles. The average Bonchev–Trinajstić information content (AvgIpc) is 3.57. The molecule has 1 saturated carbocycles. The van der Waals surface area contributed by atoms with Crippen LogP contribution in [0, 0.1) is 0 Å². The van der Waals surface area contributed by atoms with Crippen molar-refractivity contribution < 1.29 is 33.0 Å². The van der Waals surface area contributed by atoms with Crippen LogP contribution in [0.15, 0.2) is 46.1 Å². The molecule has 2 heterocycles. The van der Waals surface area contributed by atoms with E-state index in [-0.39, 0.29) is 11.2 Å². The van der Waals surface area contributed by atoms with Crippen molar-refractivity contribution in [3.8, 4) is 5.75 Å². The van der Waals surface area contributed by atoms with E-state index in [1.807, 2.05) is 6.07 Å². The molecule has 40 heavy (non-hydrogen) atoms. The van der Waals surface area contributed by atoms with Crippen LogP contribution in [0.25, 0.3) is 0 Å². The van der Waals surface area contributed by atoms with E-state index in [1.54, 1.807) is 32.0 Å². The molecule has 1 aliphatic heterocycles. The average molecular weight is 620 g/mol. The molecular formula is C25H32Cl2N3O9P. The summed E-state index contributed by atoms with van der Waals surface area (Å²) in [4.78, 5) is 38.3. The van der Waals surface area contributed by atoms with E-state index in [0.717, 1.165) is 35.2 Å². The molecule has 0 bridgehead atoms. The summed E-state index contributed by atoms with van der Waals surface area (Å²) < 4.78 is 35.2. The first-order valence-electron chi connectivity index (χ1n) is 12.7. The molecule has 12 nitrogen and oxygen atoms in total. The van der Waals surface area contributed by atoms with Gasteiger partial charge in [0.15, 0.2) is 10.6 Å². The summed E-state index contributed by atoms with van der Waals surface area (Å²) in [7, 11) is -4.32. The van der Waals surface area contributed by atoms with Gasteiger partial charge in [0, 0.05) is 12.3 Å². The second-order valence-corrected chi connectivity index (χ2v) is 13.6. The lowest BCUT2D eigenvalue weighted by Crippen LogP contribution is -2.41. The minimum absolute atomic E-state index is 0.00659. The summed E-state index contributed by atoms with van der Waals surface area (Å²) in [5.74, 6) is -0.447. The number of ether oxygens (including phenoxy) is 2. The fourth-order valence-electron chi connectivity index (χ4n) is 4.15. The van der Waals surface area contributed by atoms with Gasteiger partial charge < -0.3 is 19.1 Å². The van der Waals surface area contributed by atoms with Gasteiger partial charge in [-0.15, -0.1) is 0 Å². The summed E-state index contributed by atoms with van der Waals surface area (Å²) in [5, 5.41) is 13.4. The maximum Gasteiger partial charge on any atom is 0.459 e. The molecule has 15 heteroatoms. The van der Waals surface area contributed by atoms with Gasteiger partial charge in [-0.05, 0) is 56.7 Å². The first kappa shape index (κ1) is 30.8. The lowest BCUT2D eigenvalue weighted by molar-refractivity contribution is -0.149. The summed E-state index contributed by atoms with van der Waals surface area (Å²) >= 11 is 12.7. The van der Waals surface area contributed by atoms with Gasteiger partial charge in [0.05, 0.1) is 12.7 Å². The Hall–Kier alpha value is -2.18. The number of hydrogen-bond acceptors (Lipinski definition) is 9. The Morgan fingerprint density at radius 2 is 1.98 bits per heavy atom. The molecule has 4 rings (SSSR count). The molecule has 0 spiro atoms. The molecule has 0 radical (unpaired) electrons. The van der Waals surface area contributed by atoms with Crippen LogP contribution in [0.3, 0.4) is 0 Å². The van der Waals surface area contributed by atoms with E-state index in [1.165, 1.54) is 6.92 Å². The zero-order chi connectivity index (χ0) is 29.5. The van der Waals surface area contributed by atoms with Crippen LogP contribution >= 0.6 is 30.9 Å². The SMILES string of the molecule is CC(C)OC(=O)[C@H](C)NP(=O)(OC[C@H]1O[C@@H](n2ccc(=O)[nH]c2=O)C(Cl)(Cl)[C@@H]1O)Oc1cccc(C2(C)CC2)c1. The molecule has 2 fully saturated rings. The predicted octanol–water partition coefficient (Wildman–Crippen LogP) is 3.15.